The Morgan fingerprint density at radius 2 is 2.31 bits per heavy atom. The van der Waals surface area contributed by atoms with Crippen LogP contribution in [0.4, 0.5) is 0 Å². The number of thioether (sulfide) groups is 1. The van der Waals surface area contributed by atoms with E-state index in [1.165, 1.54) is 16.7 Å². The first-order chi connectivity index (χ1) is 7.66. The third-order valence-electron chi connectivity index (χ3n) is 2.37. The Hall–Kier alpha value is -0.750. The number of carbonyl (C=O) groups is 2. The summed E-state index contributed by atoms with van der Waals surface area (Å²) in [5.41, 5.74) is 0. The summed E-state index contributed by atoms with van der Waals surface area (Å²) in [5.74, 6) is -0.0167. The fourth-order valence-corrected chi connectivity index (χ4v) is 2.68. The zero-order chi connectivity index (χ0) is 12.0. The largest absolute Gasteiger partial charge is 0.480 e. The molecule has 1 rings (SSSR count). The van der Waals surface area contributed by atoms with Gasteiger partial charge in [0.25, 0.3) is 0 Å². The van der Waals surface area contributed by atoms with Crippen LogP contribution in [0.25, 0.3) is 0 Å². The first-order valence-electron chi connectivity index (χ1n) is 5.34. The van der Waals surface area contributed by atoms with Crippen LogP contribution in [-0.4, -0.2) is 52.8 Å². The Balaban J connectivity index is 2.32. The highest BCUT2D eigenvalue weighted by Gasteiger charge is 2.33. The van der Waals surface area contributed by atoms with E-state index in [1.54, 1.807) is 0 Å². The zero-order valence-corrected chi connectivity index (χ0v) is 10.2. The number of aliphatic carboxylic acids is 1. The van der Waals surface area contributed by atoms with Crippen LogP contribution in [0.5, 0.6) is 0 Å². The number of nitrogens with zero attached hydrogens (tertiary/aromatic N) is 1. The number of rotatable bonds is 6. The Morgan fingerprint density at radius 3 is 2.94 bits per heavy atom. The number of hydrogen-bond donors (Lipinski definition) is 1. The molecule has 1 heterocycles. The summed E-state index contributed by atoms with van der Waals surface area (Å²) in [6, 6.07) is -0.649. The van der Waals surface area contributed by atoms with Gasteiger partial charge in [-0.25, -0.2) is 4.79 Å². The molecule has 0 aliphatic carbocycles. The zero-order valence-electron chi connectivity index (χ0n) is 9.35. The predicted octanol–water partition coefficient (Wildman–Crippen LogP) is 0.789. The number of ether oxygens (including phenoxy) is 1. The minimum absolute atomic E-state index is 0.0860. The lowest BCUT2D eigenvalue weighted by Gasteiger charge is -2.20. The first-order valence-corrected chi connectivity index (χ1v) is 6.50. The third kappa shape index (κ3) is 3.68. The smallest absolute Gasteiger partial charge is 0.327 e. The number of carboxylic acids is 1. The molecule has 6 heteroatoms. The van der Waals surface area contributed by atoms with Crippen LogP contribution in [0, 0.1) is 0 Å². The highest BCUT2D eigenvalue weighted by Crippen LogP contribution is 2.22. The van der Waals surface area contributed by atoms with Gasteiger partial charge in [-0.05, 0) is 13.3 Å². The van der Waals surface area contributed by atoms with Gasteiger partial charge in [0, 0.05) is 25.4 Å². The van der Waals surface area contributed by atoms with Crippen molar-refractivity contribution in [2.75, 3.05) is 24.8 Å². The van der Waals surface area contributed by atoms with Crippen LogP contribution in [0.1, 0.15) is 19.8 Å². The Morgan fingerprint density at radius 1 is 1.56 bits per heavy atom. The fourth-order valence-electron chi connectivity index (χ4n) is 1.51. The second-order valence-electron chi connectivity index (χ2n) is 3.52. The van der Waals surface area contributed by atoms with E-state index in [0.29, 0.717) is 37.7 Å². The van der Waals surface area contributed by atoms with Crippen molar-refractivity contribution in [2.24, 2.45) is 0 Å². The van der Waals surface area contributed by atoms with E-state index >= 15 is 0 Å². The quantitative estimate of drug-likeness (QED) is 0.703. The maximum Gasteiger partial charge on any atom is 0.327 e. The number of amides is 1. The molecular weight excluding hydrogens is 230 g/mol. The summed E-state index contributed by atoms with van der Waals surface area (Å²) in [5, 5.41) is 8.91. The lowest BCUT2D eigenvalue weighted by atomic mass is 10.2. The number of carboxylic acid groups (broad SMARTS) is 1. The van der Waals surface area contributed by atoms with E-state index < -0.39 is 12.0 Å². The molecule has 0 spiro atoms. The Labute approximate surface area is 99.1 Å². The summed E-state index contributed by atoms with van der Waals surface area (Å²) in [7, 11) is 0. The van der Waals surface area contributed by atoms with E-state index in [9.17, 15) is 9.59 Å². The first kappa shape index (κ1) is 13.3. The SMILES string of the molecule is CCOCCCC(=O)N1CSCC1C(=O)O. The van der Waals surface area contributed by atoms with E-state index in [1.807, 2.05) is 6.92 Å². The molecule has 0 saturated carbocycles. The van der Waals surface area contributed by atoms with Gasteiger partial charge in [-0.3, -0.25) is 4.79 Å². The molecule has 1 aliphatic rings. The lowest BCUT2D eigenvalue weighted by molar-refractivity contribution is -0.147. The summed E-state index contributed by atoms with van der Waals surface area (Å²) >= 11 is 1.48. The maximum atomic E-state index is 11.7. The van der Waals surface area contributed by atoms with E-state index in [2.05, 4.69) is 0 Å². The second-order valence-corrected chi connectivity index (χ2v) is 4.52. The molecule has 1 N–H and O–H groups in total. The summed E-state index contributed by atoms with van der Waals surface area (Å²) in [6.45, 7) is 3.10. The van der Waals surface area contributed by atoms with Crippen LogP contribution in [0.15, 0.2) is 0 Å². The molecule has 1 saturated heterocycles. The molecule has 0 aromatic heterocycles. The molecule has 16 heavy (non-hydrogen) atoms. The van der Waals surface area contributed by atoms with Crippen molar-refractivity contribution in [3.8, 4) is 0 Å². The van der Waals surface area contributed by atoms with Crippen molar-refractivity contribution in [1.82, 2.24) is 4.90 Å². The Kier molecular flexibility index (Phi) is 5.62. The lowest BCUT2D eigenvalue weighted by Crippen LogP contribution is -2.41. The fraction of sp³-hybridized carbons (Fsp3) is 0.800. The van der Waals surface area contributed by atoms with Crippen molar-refractivity contribution < 1.29 is 19.4 Å². The molecule has 92 valence electrons. The number of carbonyl (C=O) groups excluding carboxylic acids is 1. The minimum atomic E-state index is -0.914. The maximum absolute atomic E-state index is 11.7. The van der Waals surface area contributed by atoms with Crippen molar-refractivity contribution in [1.29, 1.82) is 0 Å². The van der Waals surface area contributed by atoms with Crippen molar-refractivity contribution >= 4 is 23.6 Å². The van der Waals surface area contributed by atoms with Gasteiger partial charge in [-0.2, -0.15) is 0 Å². The van der Waals surface area contributed by atoms with Crippen molar-refractivity contribution in [3.05, 3.63) is 0 Å². The van der Waals surface area contributed by atoms with E-state index in [-0.39, 0.29) is 5.91 Å². The number of hydrogen-bond acceptors (Lipinski definition) is 4. The van der Waals surface area contributed by atoms with Gasteiger partial charge in [0.15, 0.2) is 0 Å². The molecule has 1 unspecified atom stereocenters. The molecule has 1 fully saturated rings. The molecule has 0 bridgehead atoms. The topological polar surface area (TPSA) is 66.8 Å². The molecular formula is C10H17NO4S. The highest BCUT2D eigenvalue weighted by molar-refractivity contribution is 7.99. The van der Waals surface area contributed by atoms with Crippen LogP contribution in [0.2, 0.25) is 0 Å². The highest BCUT2D eigenvalue weighted by atomic mass is 32.2. The van der Waals surface area contributed by atoms with Gasteiger partial charge in [-0.1, -0.05) is 0 Å². The molecule has 1 amide bonds. The standard InChI is InChI=1S/C10H17NO4S/c1-2-15-5-3-4-9(12)11-7-16-6-8(11)10(13)14/h8H,2-7H2,1H3,(H,13,14). The summed E-state index contributed by atoms with van der Waals surface area (Å²) in [6.07, 6.45) is 1.02. The van der Waals surface area contributed by atoms with Crippen molar-refractivity contribution in [2.45, 2.75) is 25.8 Å². The Bertz CT molecular complexity index is 259. The summed E-state index contributed by atoms with van der Waals surface area (Å²) < 4.78 is 5.13. The van der Waals surface area contributed by atoms with Crippen LogP contribution in [0.3, 0.4) is 0 Å². The van der Waals surface area contributed by atoms with Crippen LogP contribution in [-0.2, 0) is 14.3 Å². The van der Waals surface area contributed by atoms with Gasteiger partial charge in [0.05, 0.1) is 5.88 Å². The average Bonchev–Trinajstić information content (AvgIpc) is 2.73. The normalized spacial score (nSPS) is 20.1. The van der Waals surface area contributed by atoms with Gasteiger partial charge < -0.3 is 14.7 Å². The second kappa shape index (κ2) is 6.75. The minimum Gasteiger partial charge on any atom is -0.480 e. The van der Waals surface area contributed by atoms with E-state index in [0.717, 1.165) is 0 Å². The van der Waals surface area contributed by atoms with Gasteiger partial charge >= 0.3 is 5.97 Å². The average molecular weight is 247 g/mol. The summed E-state index contributed by atoms with van der Waals surface area (Å²) in [4.78, 5) is 24.0. The predicted molar refractivity (Wildman–Crippen MR) is 61.3 cm³/mol. The van der Waals surface area contributed by atoms with Gasteiger partial charge in [0.2, 0.25) is 5.91 Å². The molecule has 0 aromatic rings. The van der Waals surface area contributed by atoms with Gasteiger partial charge in [0.1, 0.15) is 6.04 Å². The van der Waals surface area contributed by atoms with Crippen LogP contribution >= 0.6 is 11.8 Å². The molecule has 1 atom stereocenters. The van der Waals surface area contributed by atoms with Crippen LogP contribution < -0.4 is 0 Å². The van der Waals surface area contributed by atoms with E-state index in [4.69, 9.17) is 9.84 Å². The van der Waals surface area contributed by atoms with Gasteiger partial charge in [-0.15, -0.1) is 11.8 Å². The monoisotopic (exact) mass is 247 g/mol. The third-order valence-corrected chi connectivity index (χ3v) is 3.38. The molecule has 1 aliphatic heterocycles. The molecule has 5 nitrogen and oxygen atoms in total. The van der Waals surface area contributed by atoms with Crippen molar-refractivity contribution in [3.63, 3.8) is 0 Å². The molecule has 0 aromatic carbocycles. The molecule has 0 radical (unpaired) electrons.